The van der Waals surface area contributed by atoms with Gasteiger partial charge < -0.3 is 14.8 Å². The number of hydrogen-bond acceptors (Lipinski definition) is 6. The molecule has 2 aliphatic rings. The van der Waals surface area contributed by atoms with Gasteiger partial charge in [0.25, 0.3) is 0 Å². The van der Waals surface area contributed by atoms with Gasteiger partial charge in [0.05, 0.1) is 37.8 Å². The van der Waals surface area contributed by atoms with Gasteiger partial charge in [-0.25, -0.2) is 8.42 Å². The van der Waals surface area contributed by atoms with Gasteiger partial charge in [0.1, 0.15) is 11.5 Å². The fraction of sp³-hybridized carbons (Fsp3) is 0.632. The zero-order valence-electron chi connectivity index (χ0n) is 16.2. The highest BCUT2D eigenvalue weighted by molar-refractivity contribution is 7.91. The van der Waals surface area contributed by atoms with Crippen molar-refractivity contribution in [3.8, 4) is 11.5 Å². The molecule has 150 valence electrons. The fourth-order valence-electron chi connectivity index (χ4n) is 4.13. The van der Waals surface area contributed by atoms with Gasteiger partial charge in [-0.15, -0.1) is 0 Å². The van der Waals surface area contributed by atoms with E-state index in [1.165, 1.54) is 0 Å². The summed E-state index contributed by atoms with van der Waals surface area (Å²) < 4.78 is 34.3. The highest BCUT2D eigenvalue weighted by Gasteiger charge is 2.40. The predicted molar refractivity (Wildman–Crippen MR) is 103 cm³/mol. The lowest BCUT2D eigenvalue weighted by Crippen LogP contribution is -2.50. The van der Waals surface area contributed by atoms with Crippen LogP contribution in [0.3, 0.4) is 0 Å². The molecule has 1 aromatic carbocycles. The number of nitrogens with one attached hydrogen (secondary N) is 1. The Hall–Kier alpha value is -1.80. The summed E-state index contributed by atoms with van der Waals surface area (Å²) in [5.41, 5.74) is 0.376. The van der Waals surface area contributed by atoms with E-state index in [0.29, 0.717) is 6.42 Å². The van der Waals surface area contributed by atoms with E-state index < -0.39 is 15.4 Å². The summed E-state index contributed by atoms with van der Waals surface area (Å²) in [7, 11) is 0.193. The number of benzene rings is 1. The zero-order chi connectivity index (χ0) is 19.7. The van der Waals surface area contributed by atoms with E-state index in [-0.39, 0.29) is 30.0 Å². The van der Waals surface area contributed by atoms with Gasteiger partial charge in [0.2, 0.25) is 5.91 Å². The third kappa shape index (κ3) is 4.55. The number of amides is 1. The van der Waals surface area contributed by atoms with E-state index >= 15 is 0 Å². The van der Waals surface area contributed by atoms with Crippen molar-refractivity contribution in [3.63, 3.8) is 0 Å². The Balaban J connectivity index is 1.69. The number of likely N-dealkylation sites (tertiary alicyclic amines) is 1. The van der Waals surface area contributed by atoms with Crippen LogP contribution >= 0.6 is 0 Å². The molecule has 7 nitrogen and oxygen atoms in total. The van der Waals surface area contributed by atoms with Crippen LogP contribution in [0.15, 0.2) is 18.2 Å². The maximum absolute atomic E-state index is 12.6. The molecule has 1 amide bonds. The van der Waals surface area contributed by atoms with Crippen molar-refractivity contribution < 1.29 is 22.7 Å². The van der Waals surface area contributed by atoms with Crippen LogP contribution < -0.4 is 14.8 Å². The maximum Gasteiger partial charge on any atom is 0.234 e. The molecular formula is C19H28N2O5S. The molecular weight excluding hydrogens is 368 g/mol. The van der Waals surface area contributed by atoms with Crippen LogP contribution in [0.2, 0.25) is 0 Å². The molecule has 2 aliphatic heterocycles. The number of hydrogen-bond donors (Lipinski definition) is 1. The minimum Gasteiger partial charge on any atom is -0.497 e. The smallest absolute Gasteiger partial charge is 0.234 e. The highest BCUT2D eigenvalue weighted by atomic mass is 32.2. The Morgan fingerprint density at radius 2 is 2.11 bits per heavy atom. The van der Waals surface area contributed by atoms with Gasteiger partial charge in [-0.1, -0.05) is 6.07 Å². The maximum atomic E-state index is 12.6. The molecule has 3 rings (SSSR count). The molecule has 0 aliphatic carbocycles. The number of ether oxygens (including phenoxy) is 2. The Labute approximate surface area is 160 Å². The Bertz CT molecular complexity index is 810. The van der Waals surface area contributed by atoms with Crippen molar-refractivity contribution in [2.24, 2.45) is 0 Å². The molecule has 0 radical (unpaired) electrons. The van der Waals surface area contributed by atoms with Gasteiger partial charge >= 0.3 is 0 Å². The summed E-state index contributed by atoms with van der Waals surface area (Å²) in [6.07, 6.45) is 2.41. The first-order valence-corrected chi connectivity index (χ1v) is 11.0. The summed E-state index contributed by atoms with van der Waals surface area (Å²) in [6.45, 7) is 2.88. The average molecular weight is 397 g/mol. The lowest BCUT2D eigenvalue weighted by Gasteiger charge is -2.29. The molecule has 2 heterocycles. The van der Waals surface area contributed by atoms with Crippen molar-refractivity contribution >= 4 is 15.7 Å². The van der Waals surface area contributed by atoms with E-state index in [2.05, 4.69) is 10.2 Å². The largest absolute Gasteiger partial charge is 0.497 e. The molecule has 1 aromatic rings. The minimum absolute atomic E-state index is 0.0153. The van der Waals surface area contributed by atoms with Crippen LogP contribution in [0, 0.1) is 0 Å². The standard InChI is InChI=1S/C19H28N2O5S/c1-19(8-10-27(23,24)13-19)20-18(22)12-21-9-4-5-16(21)15-7-6-14(25-2)11-17(15)26-3/h6-7,11,16H,4-5,8-10,12-13H2,1-3H3,(H,20,22)/t16-,19-/m0/s1. The van der Waals surface area contributed by atoms with Crippen molar-refractivity contribution in [3.05, 3.63) is 23.8 Å². The van der Waals surface area contributed by atoms with Crippen LogP contribution in [-0.4, -0.2) is 63.6 Å². The van der Waals surface area contributed by atoms with Gasteiger partial charge in [-0.2, -0.15) is 0 Å². The number of methoxy groups -OCH3 is 2. The number of nitrogens with zero attached hydrogens (tertiary/aromatic N) is 1. The molecule has 0 aromatic heterocycles. The van der Waals surface area contributed by atoms with Gasteiger partial charge in [-0.3, -0.25) is 9.69 Å². The average Bonchev–Trinajstić information content (AvgIpc) is 3.17. The quantitative estimate of drug-likeness (QED) is 0.785. The number of carbonyl (C=O) groups excluding carboxylic acids is 1. The number of carbonyl (C=O) groups is 1. The van der Waals surface area contributed by atoms with E-state index in [0.717, 1.165) is 36.4 Å². The third-order valence-corrected chi connectivity index (χ3v) is 7.36. The second-order valence-corrected chi connectivity index (χ2v) is 9.87. The van der Waals surface area contributed by atoms with E-state index in [9.17, 15) is 13.2 Å². The molecule has 2 fully saturated rings. The summed E-state index contributed by atoms with van der Waals surface area (Å²) in [4.78, 5) is 14.7. The van der Waals surface area contributed by atoms with Crippen LogP contribution in [-0.2, 0) is 14.6 Å². The van der Waals surface area contributed by atoms with Gasteiger partial charge in [0, 0.05) is 17.7 Å². The predicted octanol–water partition coefficient (Wildman–Crippen LogP) is 1.53. The second kappa shape index (κ2) is 7.67. The molecule has 0 saturated carbocycles. The van der Waals surface area contributed by atoms with Gasteiger partial charge in [0.15, 0.2) is 9.84 Å². The first-order valence-electron chi connectivity index (χ1n) is 9.23. The van der Waals surface area contributed by atoms with Crippen LogP contribution in [0.5, 0.6) is 11.5 Å². The molecule has 1 N–H and O–H groups in total. The summed E-state index contributed by atoms with van der Waals surface area (Å²) in [5, 5.41) is 2.95. The van der Waals surface area contributed by atoms with Gasteiger partial charge in [-0.05, 0) is 38.8 Å². The number of rotatable bonds is 6. The van der Waals surface area contributed by atoms with Crippen LogP contribution in [0.25, 0.3) is 0 Å². The first-order chi connectivity index (χ1) is 12.8. The summed E-state index contributed by atoms with van der Waals surface area (Å²) in [6, 6.07) is 5.84. The molecule has 0 bridgehead atoms. The molecule has 27 heavy (non-hydrogen) atoms. The Kier molecular flexibility index (Phi) is 5.67. The zero-order valence-corrected chi connectivity index (χ0v) is 17.0. The lowest BCUT2D eigenvalue weighted by molar-refractivity contribution is -0.124. The van der Waals surface area contributed by atoms with Crippen molar-refractivity contribution in [1.29, 1.82) is 0 Å². The lowest BCUT2D eigenvalue weighted by atomic mass is 10.0. The minimum atomic E-state index is -3.05. The normalized spacial score (nSPS) is 27.4. The van der Waals surface area contributed by atoms with Crippen molar-refractivity contribution in [2.75, 3.05) is 38.8 Å². The van der Waals surface area contributed by atoms with E-state index in [1.807, 2.05) is 25.1 Å². The van der Waals surface area contributed by atoms with E-state index in [1.54, 1.807) is 14.2 Å². The SMILES string of the molecule is COc1ccc([C@@H]2CCCN2CC(=O)N[C@@]2(C)CCS(=O)(=O)C2)c(OC)c1. The molecule has 2 atom stereocenters. The molecule has 2 saturated heterocycles. The Morgan fingerprint density at radius 3 is 2.74 bits per heavy atom. The molecule has 0 spiro atoms. The van der Waals surface area contributed by atoms with E-state index in [4.69, 9.17) is 9.47 Å². The third-order valence-electron chi connectivity index (χ3n) is 5.45. The highest BCUT2D eigenvalue weighted by Crippen LogP contribution is 2.38. The first kappa shape index (κ1) is 19.9. The molecule has 8 heteroatoms. The fourth-order valence-corrected chi connectivity index (χ4v) is 6.22. The second-order valence-electron chi connectivity index (χ2n) is 7.69. The van der Waals surface area contributed by atoms with Crippen LogP contribution in [0.1, 0.15) is 37.8 Å². The monoisotopic (exact) mass is 396 g/mol. The topological polar surface area (TPSA) is 84.9 Å². The van der Waals surface area contributed by atoms with Crippen LogP contribution in [0.4, 0.5) is 0 Å². The van der Waals surface area contributed by atoms with Crippen molar-refractivity contribution in [2.45, 2.75) is 37.8 Å². The van der Waals surface area contributed by atoms with Crippen molar-refractivity contribution in [1.82, 2.24) is 10.2 Å². The number of sulfone groups is 1. The summed E-state index contributed by atoms with van der Waals surface area (Å²) >= 11 is 0. The summed E-state index contributed by atoms with van der Waals surface area (Å²) in [5.74, 6) is 1.50. The molecule has 0 unspecified atom stereocenters. The Morgan fingerprint density at radius 1 is 1.33 bits per heavy atom.